The summed E-state index contributed by atoms with van der Waals surface area (Å²) in [4.78, 5) is 42.0. The fourth-order valence-corrected chi connectivity index (χ4v) is 8.08. The first kappa shape index (κ1) is 34.5. The van der Waals surface area contributed by atoms with E-state index in [4.69, 9.17) is 9.79 Å². The van der Waals surface area contributed by atoms with Gasteiger partial charge in [0.05, 0.1) is 11.4 Å². The van der Waals surface area contributed by atoms with E-state index in [-0.39, 0.29) is 18.9 Å². The fourth-order valence-electron chi connectivity index (χ4n) is 5.90. The van der Waals surface area contributed by atoms with Crippen LogP contribution in [0.25, 0.3) is 11.1 Å². The summed E-state index contributed by atoms with van der Waals surface area (Å²) in [6.07, 6.45) is 13.0. The van der Waals surface area contributed by atoms with Gasteiger partial charge < -0.3 is 24.5 Å². The number of para-hydroxylation sites is 2. The Morgan fingerprint density at radius 3 is 1.65 bits per heavy atom. The van der Waals surface area contributed by atoms with Crippen molar-refractivity contribution in [3.8, 4) is 11.1 Å². The second-order valence-corrected chi connectivity index (χ2v) is 16.6. The highest BCUT2D eigenvalue weighted by Gasteiger charge is 2.26. The van der Waals surface area contributed by atoms with Gasteiger partial charge in [-0.3, -0.25) is 9.13 Å². The molecule has 0 amide bonds. The van der Waals surface area contributed by atoms with E-state index in [0.717, 1.165) is 56.3 Å². The van der Waals surface area contributed by atoms with E-state index in [2.05, 4.69) is 82.5 Å². The molecule has 46 heavy (non-hydrogen) atoms. The minimum atomic E-state index is -4.02. The Morgan fingerprint density at radius 2 is 1.11 bits per heavy atom. The van der Waals surface area contributed by atoms with Crippen LogP contribution in [0.5, 0.6) is 0 Å². The van der Waals surface area contributed by atoms with Crippen molar-refractivity contribution in [2.24, 2.45) is 5.92 Å². The molecule has 5 rings (SSSR count). The fraction of sp³-hybridized carbons (Fsp3) is 0.353. The van der Waals surface area contributed by atoms with Gasteiger partial charge in [-0.1, -0.05) is 42.4 Å². The maximum absolute atomic E-state index is 11.6. The lowest BCUT2D eigenvalue weighted by atomic mass is 9.95. The number of unbranched alkanes of at least 4 members (excludes halogenated alkanes) is 2. The Bertz CT molecular complexity index is 1630. The average Bonchev–Trinajstić information content (AvgIpc) is 3.03. The Kier molecular flexibility index (Phi) is 11.9. The molecule has 0 saturated heterocycles. The van der Waals surface area contributed by atoms with Gasteiger partial charge in [0.15, 0.2) is 31.3 Å². The molecule has 1 aliphatic heterocycles. The summed E-state index contributed by atoms with van der Waals surface area (Å²) in [7, 11) is -8.04. The molecule has 0 fully saturated rings. The van der Waals surface area contributed by atoms with Gasteiger partial charge in [-0.2, -0.15) is 0 Å². The highest BCUT2D eigenvalue weighted by atomic mass is 32.2. The Morgan fingerprint density at radius 1 is 0.609 bits per heavy atom. The molecule has 0 bridgehead atoms. The number of aromatic nitrogens is 2. The molecule has 4 aromatic rings. The van der Waals surface area contributed by atoms with Crippen LogP contribution in [-0.2, 0) is 22.2 Å². The van der Waals surface area contributed by atoms with E-state index >= 15 is 0 Å². The van der Waals surface area contributed by atoms with Crippen molar-refractivity contribution in [1.82, 2.24) is 0 Å². The number of nitrogens with zero attached hydrogens (tertiary/aromatic N) is 3. The van der Waals surface area contributed by atoms with Crippen molar-refractivity contribution in [3.05, 3.63) is 97.6 Å². The van der Waals surface area contributed by atoms with Gasteiger partial charge in [-0.05, 0) is 67.0 Å². The third-order valence-electron chi connectivity index (χ3n) is 8.33. The lowest BCUT2D eigenvalue weighted by molar-refractivity contribution is -0.697. The first-order valence-corrected chi connectivity index (χ1v) is 20.2. The quantitative estimate of drug-likeness (QED) is 0.0596. The molecule has 4 N–H and O–H groups in total. The third kappa shape index (κ3) is 10.3. The first-order chi connectivity index (χ1) is 22.0. The number of fused-ring (bicyclic) bond motifs is 2. The molecule has 2 aromatic heterocycles. The van der Waals surface area contributed by atoms with E-state index in [1.54, 1.807) is 16.3 Å². The molecular weight excluding hydrogens is 640 g/mol. The molecule has 2 aromatic carbocycles. The van der Waals surface area contributed by atoms with Crippen LogP contribution in [-0.4, -0.2) is 38.4 Å². The van der Waals surface area contributed by atoms with Crippen LogP contribution in [0, 0.1) is 5.92 Å². The monoisotopic (exact) mass is 683 g/mol. The number of hydrogen-bond donors (Lipinski definition) is 4. The van der Waals surface area contributed by atoms with Crippen LogP contribution in [0.2, 0.25) is 0 Å². The number of anilines is 2. The second kappa shape index (κ2) is 15.9. The molecule has 0 aliphatic carbocycles. The van der Waals surface area contributed by atoms with Crippen LogP contribution < -0.4 is 14.0 Å². The van der Waals surface area contributed by atoms with Crippen molar-refractivity contribution >= 4 is 38.3 Å². The summed E-state index contributed by atoms with van der Waals surface area (Å²) < 4.78 is 26.7. The van der Waals surface area contributed by atoms with Gasteiger partial charge >= 0.3 is 15.2 Å². The SMILES string of the molecule is O=P(O)(O)CCCC(CCCCC[n+]1ccc(-c2cc[n+](CCP(=O)(O)O)cc2)cc1)CN1c2ccccc2Sc2ccccc21. The first-order valence-electron chi connectivity index (χ1n) is 15.8. The van der Waals surface area contributed by atoms with Gasteiger partial charge in [0.2, 0.25) is 0 Å². The third-order valence-corrected chi connectivity index (χ3v) is 11.1. The number of rotatable bonds is 16. The van der Waals surface area contributed by atoms with Gasteiger partial charge in [-0.25, -0.2) is 9.13 Å². The van der Waals surface area contributed by atoms with Gasteiger partial charge in [0, 0.05) is 53.2 Å². The Labute approximate surface area is 275 Å². The minimum absolute atomic E-state index is 0.0707. The molecule has 1 atom stereocenters. The van der Waals surface area contributed by atoms with Gasteiger partial charge in [0.25, 0.3) is 0 Å². The highest BCUT2D eigenvalue weighted by Crippen LogP contribution is 2.48. The van der Waals surface area contributed by atoms with Crippen LogP contribution in [0.1, 0.15) is 38.5 Å². The number of pyridine rings is 2. The highest BCUT2D eigenvalue weighted by molar-refractivity contribution is 7.99. The Balaban J connectivity index is 1.14. The molecule has 9 nitrogen and oxygen atoms in total. The maximum Gasteiger partial charge on any atom is 0.331 e. The molecule has 1 aliphatic rings. The number of hydrogen-bond acceptors (Lipinski definition) is 4. The molecule has 0 radical (unpaired) electrons. The topological polar surface area (TPSA) is 126 Å². The van der Waals surface area contributed by atoms with Crippen LogP contribution >= 0.6 is 27.0 Å². The molecule has 244 valence electrons. The summed E-state index contributed by atoms with van der Waals surface area (Å²) in [6.45, 7) is 1.99. The lowest BCUT2D eigenvalue weighted by Gasteiger charge is -2.35. The van der Waals surface area contributed by atoms with Crippen LogP contribution in [0.4, 0.5) is 11.4 Å². The van der Waals surface area contributed by atoms with Crippen LogP contribution in [0.3, 0.4) is 0 Å². The zero-order chi connectivity index (χ0) is 32.6. The van der Waals surface area contributed by atoms with Crippen molar-refractivity contribution in [2.75, 3.05) is 23.8 Å². The normalized spacial score (nSPS) is 13.7. The largest absolute Gasteiger partial charge is 0.339 e. The summed E-state index contributed by atoms with van der Waals surface area (Å²) in [5.74, 6) is 0.309. The minimum Gasteiger partial charge on any atom is -0.339 e. The molecule has 12 heteroatoms. The average molecular weight is 684 g/mol. The molecular formula is C34H43N3O6P2S+2. The van der Waals surface area contributed by atoms with Gasteiger partial charge in [0.1, 0.15) is 12.7 Å². The smallest absolute Gasteiger partial charge is 0.331 e. The zero-order valence-corrected chi connectivity index (χ0v) is 28.4. The Hall–Kier alpha value is -2.81. The second-order valence-electron chi connectivity index (χ2n) is 11.9. The van der Waals surface area contributed by atoms with Gasteiger partial charge in [-0.15, -0.1) is 0 Å². The number of benzene rings is 2. The van der Waals surface area contributed by atoms with E-state index < -0.39 is 15.2 Å². The molecule has 0 saturated carbocycles. The maximum atomic E-state index is 11.6. The summed E-state index contributed by atoms with van der Waals surface area (Å²) in [6, 6.07) is 25.0. The molecule has 3 heterocycles. The molecule has 1 unspecified atom stereocenters. The number of aryl methyl sites for hydroxylation is 2. The van der Waals surface area contributed by atoms with Crippen molar-refractivity contribution < 1.29 is 37.8 Å². The summed E-state index contributed by atoms with van der Waals surface area (Å²) in [5, 5.41) is 0. The van der Waals surface area contributed by atoms with Crippen LogP contribution in [0.15, 0.2) is 107 Å². The van der Waals surface area contributed by atoms with E-state index in [1.807, 2.05) is 24.5 Å². The van der Waals surface area contributed by atoms with E-state index in [1.165, 1.54) is 21.2 Å². The predicted molar refractivity (Wildman–Crippen MR) is 181 cm³/mol. The lowest BCUT2D eigenvalue weighted by Crippen LogP contribution is -2.34. The van der Waals surface area contributed by atoms with E-state index in [0.29, 0.717) is 12.3 Å². The standard InChI is InChI=1S/C34H41N3O6P2S/c38-44(39,40)25-8-10-28(27-37-31-11-3-5-13-33(31)46-34-14-6-4-12-32(34)37)9-2-1-7-19-35-20-15-29(16-21-35)30-17-22-36(23-18-30)24-26-45(41,42)43/h3-6,11-18,20-23,28H,1-2,7-10,19,24-27H2,(H2-2,38,39,40,41,42,43)/p+2. The van der Waals surface area contributed by atoms with Crippen molar-refractivity contribution in [3.63, 3.8) is 0 Å². The zero-order valence-electron chi connectivity index (χ0n) is 25.8. The predicted octanol–water partition coefficient (Wildman–Crippen LogP) is 6.54. The summed E-state index contributed by atoms with van der Waals surface area (Å²) >= 11 is 1.79. The van der Waals surface area contributed by atoms with Crippen molar-refractivity contribution in [2.45, 2.75) is 61.4 Å². The molecule has 0 spiro atoms. The van der Waals surface area contributed by atoms with Crippen molar-refractivity contribution in [1.29, 1.82) is 0 Å². The van der Waals surface area contributed by atoms with E-state index in [9.17, 15) is 18.9 Å². The summed E-state index contributed by atoms with van der Waals surface area (Å²) in [5.41, 5.74) is 4.51.